The molecule has 2 aromatic rings. The second-order valence-electron chi connectivity index (χ2n) is 4.54. The lowest BCUT2D eigenvalue weighted by Gasteiger charge is -2.14. The van der Waals surface area contributed by atoms with Crippen LogP contribution in [-0.4, -0.2) is 11.5 Å². The van der Waals surface area contributed by atoms with Gasteiger partial charge in [0.05, 0.1) is 15.6 Å². The summed E-state index contributed by atoms with van der Waals surface area (Å²) in [5.74, 6) is 0. The Hall–Kier alpha value is -1.13. The van der Waals surface area contributed by atoms with Crippen LogP contribution in [0.3, 0.4) is 0 Å². The molecule has 0 saturated heterocycles. The fraction of sp³-hybridized carbons (Fsp3) is 0.357. The minimum absolute atomic E-state index is 0.304. The number of nitrogens with zero attached hydrogens (tertiary/aromatic N) is 1. The van der Waals surface area contributed by atoms with Crippen molar-refractivity contribution in [3.8, 4) is 0 Å². The first-order valence-corrected chi connectivity index (χ1v) is 7.02. The van der Waals surface area contributed by atoms with Crippen molar-refractivity contribution in [2.75, 3.05) is 11.9 Å². The van der Waals surface area contributed by atoms with Crippen molar-refractivity contribution in [1.82, 2.24) is 4.98 Å². The maximum atomic E-state index is 12.9. The largest absolute Gasteiger partial charge is 0.384 e. The zero-order valence-electron chi connectivity index (χ0n) is 11.1. The summed E-state index contributed by atoms with van der Waals surface area (Å²) in [6, 6.07) is 2.97. The quantitative estimate of drug-likeness (QED) is 0.792. The molecule has 0 aliphatic carbocycles. The average Bonchev–Trinajstić information content (AvgIpc) is 2.41. The zero-order valence-corrected chi connectivity index (χ0v) is 12.6. The van der Waals surface area contributed by atoms with Crippen LogP contribution in [0.25, 0.3) is 10.9 Å². The van der Waals surface area contributed by atoms with Crippen LogP contribution in [0, 0.1) is 6.92 Å². The summed E-state index contributed by atoms with van der Waals surface area (Å²) in [6.45, 7) is 4.46. The van der Waals surface area contributed by atoms with Gasteiger partial charge in [0.2, 0.25) is 0 Å². The number of hydrogen-bond donors (Lipinski definition) is 1. The third-order valence-corrected chi connectivity index (χ3v) is 3.74. The van der Waals surface area contributed by atoms with Gasteiger partial charge in [0, 0.05) is 17.6 Å². The second-order valence-corrected chi connectivity index (χ2v) is 5.32. The van der Waals surface area contributed by atoms with E-state index < -0.39 is 6.43 Å². The number of pyridine rings is 1. The molecule has 0 bridgehead atoms. The number of rotatable bonds is 4. The molecule has 2 nitrogen and oxygen atoms in total. The summed E-state index contributed by atoms with van der Waals surface area (Å²) < 4.78 is 25.9. The molecule has 0 aliphatic rings. The summed E-state index contributed by atoms with van der Waals surface area (Å²) in [6.07, 6.45) is -1.79. The number of aryl methyl sites for hydroxylation is 1. The molecule has 1 N–H and O–H groups in total. The van der Waals surface area contributed by atoms with E-state index in [4.69, 9.17) is 23.2 Å². The van der Waals surface area contributed by atoms with E-state index in [9.17, 15) is 8.78 Å². The van der Waals surface area contributed by atoms with Gasteiger partial charge in [-0.25, -0.2) is 13.8 Å². The van der Waals surface area contributed by atoms with Crippen molar-refractivity contribution in [1.29, 1.82) is 0 Å². The lowest BCUT2D eigenvalue weighted by atomic mass is 10.1. The van der Waals surface area contributed by atoms with Gasteiger partial charge >= 0.3 is 0 Å². The monoisotopic (exact) mass is 318 g/mol. The van der Waals surface area contributed by atoms with Crippen LogP contribution in [0.15, 0.2) is 12.1 Å². The van der Waals surface area contributed by atoms with Gasteiger partial charge in [-0.2, -0.15) is 0 Å². The van der Waals surface area contributed by atoms with Gasteiger partial charge in [-0.05, 0) is 31.0 Å². The summed E-state index contributed by atoms with van der Waals surface area (Å²) >= 11 is 12.4. The highest BCUT2D eigenvalue weighted by Gasteiger charge is 2.18. The Bertz CT molecular complexity index is 645. The molecule has 20 heavy (non-hydrogen) atoms. The minimum atomic E-state index is -2.65. The van der Waals surface area contributed by atoms with Crippen LogP contribution >= 0.6 is 23.2 Å². The van der Waals surface area contributed by atoms with E-state index in [2.05, 4.69) is 10.3 Å². The molecule has 0 fully saturated rings. The van der Waals surface area contributed by atoms with E-state index >= 15 is 0 Å². The first-order valence-electron chi connectivity index (χ1n) is 6.27. The van der Waals surface area contributed by atoms with Crippen molar-refractivity contribution in [2.45, 2.75) is 26.7 Å². The van der Waals surface area contributed by atoms with Gasteiger partial charge in [0.15, 0.2) is 0 Å². The molecule has 0 unspecified atom stereocenters. The van der Waals surface area contributed by atoms with Gasteiger partial charge in [-0.1, -0.05) is 30.1 Å². The Labute approximate surface area is 126 Å². The molecule has 1 heterocycles. The molecule has 2 rings (SSSR count). The predicted molar refractivity (Wildman–Crippen MR) is 80.2 cm³/mol. The number of anilines is 1. The second kappa shape index (κ2) is 6.10. The van der Waals surface area contributed by atoms with E-state index in [1.54, 1.807) is 6.07 Å². The topological polar surface area (TPSA) is 24.9 Å². The van der Waals surface area contributed by atoms with Crippen molar-refractivity contribution in [3.63, 3.8) is 0 Å². The molecular weight excluding hydrogens is 305 g/mol. The Kier molecular flexibility index (Phi) is 4.66. The molecule has 6 heteroatoms. The Balaban J connectivity index is 2.77. The predicted octanol–water partition coefficient (Wildman–Crippen LogP) is 5.61. The highest BCUT2D eigenvalue weighted by atomic mass is 35.5. The first kappa shape index (κ1) is 15.3. The third kappa shape index (κ3) is 2.81. The van der Waals surface area contributed by atoms with E-state index in [1.165, 1.54) is 6.07 Å². The average molecular weight is 319 g/mol. The summed E-state index contributed by atoms with van der Waals surface area (Å²) in [7, 11) is 0. The normalized spacial score (nSPS) is 11.3. The molecule has 0 atom stereocenters. The highest BCUT2D eigenvalue weighted by Crippen LogP contribution is 2.38. The Morgan fingerprint density at radius 3 is 2.60 bits per heavy atom. The number of alkyl halides is 2. The number of nitrogens with one attached hydrogen (secondary N) is 1. The van der Waals surface area contributed by atoms with Crippen molar-refractivity contribution >= 4 is 39.8 Å². The van der Waals surface area contributed by atoms with Crippen LogP contribution in [0.1, 0.15) is 31.0 Å². The van der Waals surface area contributed by atoms with Gasteiger partial charge in [-0.3, -0.25) is 0 Å². The van der Waals surface area contributed by atoms with Crippen LogP contribution < -0.4 is 5.32 Å². The molecule has 0 saturated carbocycles. The van der Waals surface area contributed by atoms with Crippen LogP contribution in [0.5, 0.6) is 0 Å². The maximum absolute atomic E-state index is 12.9. The number of benzene rings is 1. The van der Waals surface area contributed by atoms with Crippen LogP contribution in [0.4, 0.5) is 14.5 Å². The number of fused-ring (bicyclic) bond motifs is 1. The van der Waals surface area contributed by atoms with Crippen molar-refractivity contribution in [3.05, 3.63) is 33.4 Å². The lowest BCUT2D eigenvalue weighted by Crippen LogP contribution is -2.04. The fourth-order valence-corrected chi connectivity index (χ4v) is 2.54. The molecule has 0 spiro atoms. The number of hydrogen-bond acceptors (Lipinski definition) is 2. The van der Waals surface area contributed by atoms with E-state index in [0.717, 1.165) is 12.0 Å². The van der Waals surface area contributed by atoms with Crippen LogP contribution in [0.2, 0.25) is 10.0 Å². The fourth-order valence-electron chi connectivity index (χ4n) is 1.99. The first-order chi connectivity index (χ1) is 9.45. The maximum Gasteiger partial charge on any atom is 0.280 e. The van der Waals surface area contributed by atoms with Gasteiger partial charge in [0.25, 0.3) is 6.43 Å². The molecule has 0 aliphatic heterocycles. The number of halogens is 4. The molecule has 1 aromatic carbocycles. The smallest absolute Gasteiger partial charge is 0.280 e. The molecule has 108 valence electrons. The van der Waals surface area contributed by atoms with E-state index in [-0.39, 0.29) is 5.69 Å². The molecule has 0 amide bonds. The Morgan fingerprint density at radius 2 is 2.00 bits per heavy atom. The minimum Gasteiger partial charge on any atom is -0.384 e. The Morgan fingerprint density at radius 1 is 1.30 bits per heavy atom. The van der Waals surface area contributed by atoms with Gasteiger partial charge in [-0.15, -0.1) is 0 Å². The SMILES string of the molecule is CCCNc1cc(C(F)F)nc2c(Cl)cc(C)c(Cl)c12. The van der Waals surface area contributed by atoms with Gasteiger partial charge < -0.3 is 5.32 Å². The molecular formula is C14H14Cl2F2N2. The molecule has 1 aromatic heterocycles. The third-order valence-electron chi connectivity index (χ3n) is 2.96. The van der Waals surface area contributed by atoms with E-state index in [0.29, 0.717) is 33.2 Å². The molecule has 0 radical (unpaired) electrons. The summed E-state index contributed by atoms with van der Waals surface area (Å²) in [5.41, 5.74) is 1.33. The zero-order chi connectivity index (χ0) is 14.9. The van der Waals surface area contributed by atoms with Gasteiger partial charge in [0.1, 0.15) is 5.69 Å². The van der Waals surface area contributed by atoms with Crippen molar-refractivity contribution < 1.29 is 8.78 Å². The standard InChI is InChI=1S/C14H14Cl2F2N2/c1-3-4-19-9-6-10(14(17)18)20-13-8(15)5-7(2)12(16)11(9)13/h5-6,14H,3-4H2,1-2H3,(H,19,20). The van der Waals surface area contributed by atoms with E-state index in [1.807, 2.05) is 13.8 Å². The summed E-state index contributed by atoms with van der Waals surface area (Å²) in [5, 5.41) is 4.51. The highest BCUT2D eigenvalue weighted by molar-refractivity contribution is 6.41. The lowest BCUT2D eigenvalue weighted by molar-refractivity contribution is 0.146. The van der Waals surface area contributed by atoms with Crippen molar-refractivity contribution in [2.24, 2.45) is 0 Å². The number of aromatic nitrogens is 1. The van der Waals surface area contributed by atoms with Crippen LogP contribution in [-0.2, 0) is 0 Å². The summed E-state index contributed by atoms with van der Waals surface area (Å²) in [4.78, 5) is 3.94.